The zero-order chi connectivity index (χ0) is 22.4. The fourth-order valence-electron chi connectivity index (χ4n) is 4.97. The van der Waals surface area contributed by atoms with Gasteiger partial charge in [0.2, 0.25) is 5.88 Å². The Balaban J connectivity index is 1.20. The molecular formula is C25H24FN5O2. The predicted octanol–water partition coefficient (Wildman–Crippen LogP) is 4.16. The maximum Gasteiger partial charge on any atom is 0.233 e. The molecule has 0 aliphatic carbocycles. The lowest BCUT2D eigenvalue weighted by Crippen LogP contribution is -2.59. The molecule has 4 aromatic rings. The van der Waals surface area contributed by atoms with Crippen molar-refractivity contribution in [1.82, 2.24) is 24.9 Å². The van der Waals surface area contributed by atoms with E-state index in [2.05, 4.69) is 20.5 Å². The summed E-state index contributed by atoms with van der Waals surface area (Å²) in [4.78, 5) is 4.13. The van der Waals surface area contributed by atoms with Crippen molar-refractivity contribution in [3.8, 4) is 34.0 Å². The summed E-state index contributed by atoms with van der Waals surface area (Å²) in [6.45, 7) is 0. The Labute approximate surface area is 190 Å². The fourth-order valence-corrected chi connectivity index (χ4v) is 4.97. The average Bonchev–Trinajstić information content (AvgIpc) is 3.31. The number of hydrogen-bond donors (Lipinski definition) is 2. The number of phenolic OH excluding ortho intramolecular Hbond substituents is 1. The third kappa shape index (κ3) is 3.80. The van der Waals surface area contributed by atoms with E-state index in [1.807, 2.05) is 34.9 Å². The highest BCUT2D eigenvalue weighted by Crippen LogP contribution is 2.34. The molecule has 0 radical (unpaired) electrons. The van der Waals surface area contributed by atoms with Crippen LogP contribution < -0.4 is 10.1 Å². The standard InChI is InChI=1S/C25H24FN5O2/c26-25-21-3-1-2-17(28-21)11-23(25)33-24-9-8-20(29-30-24)19-7-5-15(10-22(19)32)16-4-6-18-12-27-14-31(18)13-16/h4-10,12-14,17,21,23,25,28,32H,1-3,11H2/t17-,21+,23-,25+/m1/s1. The minimum absolute atomic E-state index is 0.108. The number of nitrogens with zero attached hydrogens (tertiary/aromatic N) is 4. The number of benzene rings is 1. The second kappa shape index (κ2) is 8.12. The largest absolute Gasteiger partial charge is 0.507 e. The number of phenols is 1. The van der Waals surface area contributed by atoms with Gasteiger partial charge >= 0.3 is 0 Å². The molecule has 0 unspecified atom stereocenters. The van der Waals surface area contributed by atoms with Gasteiger partial charge in [-0.2, -0.15) is 0 Å². The van der Waals surface area contributed by atoms with E-state index in [0.717, 1.165) is 35.9 Å². The van der Waals surface area contributed by atoms with Crippen molar-refractivity contribution in [3.05, 3.63) is 61.2 Å². The Kier molecular flexibility index (Phi) is 4.95. The molecule has 6 rings (SSSR count). The lowest BCUT2D eigenvalue weighted by molar-refractivity contribution is 0.00652. The number of aromatic hydroxyl groups is 1. The quantitative estimate of drug-likeness (QED) is 0.491. The predicted molar refractivity (Wildman–Crippen MR) is 122 cm³/mol. The highest BCUT2D eigenvalue weighted by molar-refractivity contribution is 5.74. The minimum Gasteiger partial charge on any atom is -0.507 e. The molecule has 2 saturated heterocycles. The molecule has 8 heteroatoms. The second-order valence-electron chi connectivity index (χ2n) is 8.87. The number of alkyl halides is 1. The van der Waals surface area contributed by atoms with E-state index in [1.165, 1.54) is 0 Å². The Bertz CT molecular complexity index is 1290. The molecule has 2 aliphatic rings. The summed E-state index contributed by atoms with van der Waals surface area (Å²) in [6, 6.07) is 13.0. The molecule has 0 spiro atoms. The van der Waals surface area contributed by atoms with Gasteiger partial charge in [0.05, 0.1) is 23.7 Å². The van der Waals surface area contributed by atoms with Crippen LogP contribution in [0.3, 0.4) is 0 Å². The first-order valence-electron chi connectivity index (χ1n) is 11.3. The maximum atomic E-state index is 14.8. The smallest absolute Gasteiger partial charge is 0.233 e. The van der Waals surface area contributed by atoms with Crippen LogP contribution in [0.15, 0.2) is 61.2 Å². The highest BCUT2D eigenvalue weighted by Gasteiger charge is 2.41. The van der Waals surface area contributed by atoms with Gasteiger partial charge in [-0.3, -0.25) is 0 Å². The molecule has 2 bridgehead atoms. The highest BCUT2D eigenvalue weighted by atomic mass is 19.1. The van der Waals surface area contributed by atoms with Crippen LogP contribution in [-0.2, 0) is 0 Å². The first-order valence-corrected chi connectivity index (χ1v) is 11.3. The van der Waals surface area contributed by atoms with Crippen molar-refractivity contribution < 1.29 is 14.2 Å². The summed E-state index contributed by atoms with van der Waals surface area (Å²) in [5, 5.41) is 22.4. The number of piperidine rings is 2. The molecule has 0 amide bonds. The molecule has 33 heavy (non-hydrogen) atoms. The Morgan fingerprint density at radius 3 is 2.82 bits per heavy atom. The molecule has 5 heterocycles. The molecule has 0 saturated carbocycles. The molecule has 4 atom stereocenters. The van der Waals surface area contributed by atoms with E-state index in [1.54, 1.807) is 30.7 Å². The lowest BCUT2D eigenvalue weighted by Gasteiger charge is -2.42. The normalized spacial score (nSPS) is 24.6. The van der Waals surface area contributed by atoms with Gasteiger partial charge in [0.1, 0.15) is 11.9 Å². The van der Waals surface area contributed by atoms with Crippen molar-refractivity contribution in [2.75, 3.05) is 0 Å². The van der Waals surface area contributed by atoms with Crippen LogP contribution in [0, 0.1) is 0 Å². The monoisotopic (exact) mass is 445 g/mol. The van der Waals surface area contributed by atoms with Gasteiger partial charge < -0.3 is 19.6 Å². The lowest BCUT2D eigenvalue weighted by atomic mass is 9.84. The zero-order valence-corrected chi connectivity index (χ0v) is 17.9. The zero-order valence-electron chi connectivity index (χ0n) is 17.9. The van der Waals surface area contributed by atoms with Gasteiger partial charge in [-0.05, 0) is 48.2 Å². The fraction of sp³-hybridized carbons (Fsp3) is 0.320. The summed E-state index contributed by atoms with van der Waals surface area (Å²) in [6.07, 6.45) is 7.53. The van der Waals surface area contributed by atoms with Gasteiger partial charge in [0.15, 0.2) is 6.17 Å². The summed E-state index contributed by atoms with van der Waals surface area (Å²) in [7, 11) is 0. The number of aromatic nitrogens is 4. The van der Waals surface area contributed by atoms with E-state index in [9.17, 15) is 9.50 Å². The van der Waals surface area contributed by atoms with Crippen molar-refractivity contribution >= 4 is 5.52 Å². The van der Waals surface area contributed by atoms with Crippen LogP contribution in [0.4, 0.5) is 4.39 Å². The van der Waals surface area contributed by atoms with E-state index < -0.39 is 12.3 Å². The van der Waals surface area contributed by atoms with Crippen molar-refractivity contribution in [2.24, 2.45) is 0 Å². The van der Waals surface area contributed by atoms with E-state index >= 15 is 0 Å². The number of pyridine rings is 1. The topological polar surface area (TPSA) is 84.6 Å². The molecular weight excluding hydrogens is 421 g/mol. The van der Waals surface area contributed by atoms with Gasteiger partial charge in [0.25, 0.3) is 0 Å². The van der Waals surface area contributed by atoms with E-state index in [4.69, 9.17) is 4.74 Å². The van der Waals surface area contributed by atoms with Gasteiger partial charge in [0, 0.05) is 36.3 Å². The summed E-state index contributed by atoms with van der Waals surface area (Å²) in [5.74, 6) is 0.410. The van der Waals surface area contributed by atoms with Crippen LogP contribution in [0.1, 0.15) is 25.7 Å². The second-order valence-corrected chi connectivity index (χ2v) is 8.87. The van der Waals surface area contributed by atoms with E-state index in [-0.39, 0.29) is 11.8 Å². The molecule has 2 fully saturated rings. The van der Waals surface area contributed by atoms with Gasteiger partial charge in [-0.1, -0.05) is 18.6 Å². The number of ether oxygens (including phenoxy) is 1. The van der Waals surface area contributed by atoms with Crippen LogP contribution in [0.5, 0.6) is 11.6 Å². The molecule has 7 nitrogen and oxygen atoms in total. The van der Waals surface area contributed by atoms with Crippen molar-refractivity contribution in [3.63, 3.8) is 0 Å². The first kappa shape index (κ1) is 20.1. The summed E-state index contributed by atoms with van der Waals surface area (Å²) >= 11 is 0. The number of nitrogens with one attached hydrogen (secondary N) is 1. The van der Waals surface area contributed by atoms with E-state index in [0.29, 0.717) is 29.6 Å². The van der Waals surface area contributed by atoms with Crippen LogP contribution >= 0.6 is 0 Å². The SMILES string of the molecule is Oc1cc(-c2ccc3cncn3c2)ccc1-c1ccc(O[C@@H]2C[C@H]3CCC[C@H](N3)[C@@H]2F)nn1. The molecule has 1 aromatic carbocycles. The summed E-state index contributed by atoms with van der Waals surface area (Å²) in [5.41, 5.74) is 3.94. The Morgan fingerprint density at radius 2 is 1.97 bits per heavy atom. The number of hydrogen-bond acceptors (Lipinski definition) is 6. The molecule has 3 aromatic heterocycles. The number of imidazole rings is 1. The van der Waals surface area contributed by atoms with Gasteiger partial charge in [-0.25, -0.2) is 9.37 Å². The third-order valence-corrected chi connectivity index (χ3v) is 6.70. The number of rotatable bonds is 4. The molecule has 2 aliphatic heterocycles. The molecule has 2 N–H and O–H groups in total. The average molecular weight is 445 g/mol. The number of halogens is 1. The Hall–Kier alpha value is -3.52. The number of fused-ring (bicyclic) bond motifs is 3. The van der Waals surface area contributed by atoms with Crippen LogP contribution in [0.25, 0.3) is 27.9 Å². The maximum absolute atomic E-state index is 14.8. The Morgan fingerprint density at radius 1 is 1.06 bits per heavy atom. The van der Waals surface area contributed by atoms with Crippen molar-refractivity contribution in [1.29, 1.82) is 0 Å². The van der Waals surface area contributed by atoms with Crippen molar-refractivity contribution in [2.45, 2.75) is 50.0 Å². The molecule has 168 valence electrons. The van der Waals surface area contributed by atoms with Gasteiger partial charge in [-0.15, -0.1) is 10.2 Å². The minimum atomic E-state index is -1.05. The first-order chi connectivity index (χ1) is 16.1. The third-order valence-electron chi connectivity index (χ3n) is 6.70. The summed E-state index contributed by atoms with van der Waals surface area (Å²) < 4.78 is 22.6. The van der Waals surface area contributed by atoms with Crippen LogP contribution in [0.2, 0.25) is 0 Å². The van der Waals surface area contributed by atoms with Crippen LogP contribution in [-0.4, -0.2) is 49.0 Å².